The number of piperidine rings is 1. The Morgan fingerprint density at radius 3 is 2.39 bits per heavy atom. The third-order valence-electron chi connectivity index (χ3n) is 4.83. The van der Waals surface area contributed by atoms with Gasteiger partial charge in [-0.2, -0.15) is 0 Å². The molecule has 121 valence electrons. The van der Waals surface area contributed by atoms with E-state index in [4.69, 9.17) is 4.84 Å². The zero-order valence-electron chi connectivity index (χ0n) is 14.0. The molecular formula is C19H23N2O2. The Morgan fingerprint density at radius 2 is 1.78 bits per heavy atom. The second-order valence-electron chi connectivity index (χ2n) is 6.37. The van der Waals surface area contributed by atoms with Crippen LogP contribution in [0, 0.1) is 20.8 Å². The molecule has 1 aromatic carbocycles. The van der Waals surface area contributed by atoms with Crippen molar-refractivity contribution in [2.24, 2.45) is 0 Å². The van der Waals surface area contributed by atoms with Gasteiger partial charge in [-0.1, -0.05) is 6.07 Å². The summed E-state index contributed by atoms with van der Waals surface area (Å²) < 4.78 is 0. The number of hydroxylamine groups is 2. The van der Waals surface area contributed by atoms with Crippen molar-refractivity contribution in [3.05, 3.63) is 52.7 Å². The second-order valence-corrected chi connectivity index (χ2v) is 6.37. The van der Waals surface area contributed by atoms with Gasteiger partial charge in [-0.15, -0.1) is 5.06 Å². The molecule has 1 radical (unpaired) electrons. The molecule has 3 rings (SSSR count). The van der Waals surface area contributed by atoms with Crippen molar-refractivity contribution >= 4 is 0 Å². The summed E-state index contributed by atoms with van der Waals surface area (Å²) in [6.07, 6.45) is 3.40. The molecule has 23 heavy (non-hydrogen) atoms. The van der Waals surface area contributed by atoms with Crippen molar-refractivity contribution < 1.29 is 9.94 Å². The van der Waals surface area contributed by atoms with E-state index in [1.165, 1.54) is 16.7 Å². The van der Waals surface area contributed by atoms with Gasteiger partial charge >= 0.3 is 0 Å². The number of hydrogen-bond donors (Lipinski definition) is 0. The van der Waals surface area contributed by atoms with Gasteiger partial charge in [0.15, 0.2) is 0 Å². The van der Waals surface area contributed by atoms with Crippen LogP contribution in [-0.4, -0.2) is 23.1 Å². The fraction of sp³-hybridized carbons (Fsp3) is 0.421. The van der Waals surface area contributed by atoms with Gasteiger partial charge in [0.05, 0.1) is 0 Å². The molecule has 1 aromatic heterocycles. The van der Waals surface area contributed by atoms with Crippen LogP contribution in [0.15, 0.2) is 30.5 Å². The number of hydrogen-bond acceptors (Lipinski definition) is 3. The van der Waals surface area contributed by atoms with E-state index in [9.17, 15) is 5.11 Å². The third-order valence-corrected chi connectivity index (χ3v) is 4.83. The Kier molecular flexibility index (Phi) is 4.53. The fourth-order valence-electron chi connectivity index (χ4n) is 3.17. The highest BCUT2D eigenvalue weighted by molar-refractivity contribution is 5.40. The van der Waals surface area contributed by atoms with Crippen molar-refractivity contribution in [3.63, 3.8) is 0 Å². The molecule has 1 fully saturated rings. The zero-order chi connectivity index (χ0) is 16.4. The summed E-state index contributed by atoms with van der Waals surface area (Å²) in [5, 5.41) is 13.8. The summed E-state index contributed by atoms with van der Waals surface area (Å²) in [6.45, 7) is 8.00. The molecule has 0 bridgehead atoms. The molecule has 2 heterocycles. The van der Waals surface area contributed by atoms with Gasteiger partial charge in [-0.25, -0.2) is 4.98 Å². The molecule has 0 saturated carbocycles. The molecule has 4 heteroatoms. The lowest BCUT2D eigenvalue weighted by atomic mass is 9.91. The van der Waals surface area contributed by atoms with Crippen LogP contribution in [0.1, 0.15) is 41.0 Å². The summed E-state index contributed by atoms with van der Waals surface area (Å²) in [4.78, 5) is 9.89. The Balaban J connectivity index is 1.63. The molecule has 1 saturated heterocycles. The highest BCUT2D eigenvalue weighted by atomic mass is 16.7. The zero-order valence-corrected chi connectivity index (χ0v) is 14.0. The van der Waals surface area contributed by atoms with E-state index >= 15 is 0 Å². The van der Waals surface area contributed by atoms with Crippen molar-refractivity contribution in [2.45, 2.75) is 39.5 Å². The normalized spacial score (nSPS) is 16.5. The molecule has 0 N–H and O–H groups in total. The molecule has 0 amide bonds. The van der Waals surface area contributed by atoms with E-state index < -0.39 is 0 Å². The predicted octanol–water partition coefficient (Wildman–Crippen LogP) is 4.32. The number of benzene rings is 1. The monoisotopic (exact) mass is 311 g/mol. The average Bonchev–Trinajstić information content (AvgIpc) is 2.54. The number of rotatable bonds is 3. The smallest absolute Gasteiger partial charge is 0.273 e. The topological polar surface area (TPSA) is 45.3 Å². The van der Waals surface area contributed by atoms with Crippen molar-refractivity contribution in [3.8, 4) is 11.6 Å². The molecule has 4 nitrogen and oxygen atoms in total. The Hall–Kier alpha value is -2.07. The maximum Gasteiger partial charge on any atom is 0.273 e. The SMILES string of the molecule is Cc1cc(ON2CCC(c3cccnc3[O])CC2)cc(C)c1C. The summed E-state index contributed by atoms with van der Waals surface area (Å²) in [5.74, 6) is 1.10. The minimum atomic E-state index is -0.0864. The standard InChI is InChI=1S/C19H23N2O2/c1-13-11-17(12-14(2)15(13)3)23-21-9-6-16(7-10-21)18-5-4-8-20-19(18)22/h4-5,8,11-12,16H,6-7,9-10H2,1-3H3. The van der Waals surface area contributed by atoms with Gasteiger partial charge < -0.3 is 4.84 Å². The maximum atomic E-state index is 11.8. The molecule has 0 unspecified atom stereocenters. The first-order chi connectivity index (χ1) is 11.0. The predicted molar refractivity (Wildman–Crippen MR) is 89.2 cm³/mol. The van der Waals surface area contributed by atoms with Gasteiger partial charge in [0.1, 0.15) is 5.75 Å². The largest absolute Gasteiger partial charge is 0.406 e. The number of nitrogens with zero attached hydrogens (tertiary/aromatic N) is 2. The van der Waals surface area contributed by atoms with Gasteiger partial charge in [-0.05, 0) is 74.4 Å². The number of aromatic nitrogens is 1. The van der Waals surface area contributed by atoms with Crippen molar-refractivity contribution in [1.29, 1.82) is 0 Å². The van der Waals surface area contributed by atoms with Gasteiger partial charge in [-0.3, -0.25) is 5.11 Å². The van der Waals surface area contributed by atoms with E-state index in [2.05, 4.69) is 37.9 Å². The van der Waals surface area contributed by atoms with Crippen molar-refractivity contribution in [2.75, 3.05) is 13.1 Å². The third kappa shape index (κ3) is 3.48. The first-order valence-corrected chi connectivity index (χ1v) is 8.17. The minimum absolute atomic E-state index is 0.0864. The molecule has 1 aliphatic rings. The van der Waals surface area contributed by atoms with E-state index in [1.54, 1.807) is 6.20 Å². The van der Waals surface area contributed by atoms with Crippen LogP contribution in [0.4, 0.5) is 0 Å². The lowest BCUT2D eigenvalue weighted by Gasteiger charge is -2.31. The van der Waals surface area contributed by atoms with Crippen LogP contribution < -0.4 is 4.84 Å². The van der Waals surface area contributed by atoms with Crippen molar-refractivity contribution in [1.82, 2.24) is 10.0 Å². The van der Waals surface area contributed by atoms with E-state index in [-0.39, 0.29) is 11.8 Å². The van der Waals surface area contributed by atoms with Crippen LogP contribution in [0.2, 0.25) is 0 Å². The first kappa shape index (κ1) is 15.8. The molecule has 2 aromatic rings. The number of aryl methyl sites for hydroxylation is 2. The first-order valence-electron chi connectivity index (χ1n) is 8.17. The minimum Gasteiger partial charge on any atom is -0.406 e. The molecule has 0 aliphatic carbocycles. The van der Waals surface area contributed by atoms with E-state index in [1.807, 2.05) is 17.2 Å². The van der Waals surface area contributed by atoms with E-state index in [0.717, 1.165) is 37.2 Å². The van der Waals surface area contributed by atoms with Gasteiger partial charge in [0.2, 0.25) is 0 Å². The Morgan fingerprint density at radius 1 is 1.13 bits per heavy atom. The van der Waals surface area contributed by atoms with Gasteiger partial charge in [0, 0.05) is 24.8 Å². The summed E-state index contributed by atoms with van der Waals surface area (Å²) >= 11 is 0. The van der Waals surface area contributed by atoms with Crippen LogP contribution in [-0.2, 0) is 5.11 Å². The second kappa shape index (κ2) is 6.59. The molecule has 0 spiro atoms. The number of pyridine rings is 1. The summed E-state index contributed by atoms with van der Waals surface area (Å²) in [7, 11) is 0. The lowest BCUT2D eigenvalue weighted by molar-refractivity contribution is -0.0758. The van der Waals surface area contributed by atoms with E-state index in [0.29, 0.717) is 0 Å². The molecule has 0 atom stereocenters. The quantitative estimate of drug-likeness (QED) is 0.848. The van der Waals surface area contributed by atoms with Crippen LogP contribution in [0.5, 0.6) is 11.6 Å². The fourth-order valence-corrected chi connectivity index (χ4v) is 3.17. The Labute approximate surface area is 137 Å². The Bertz CT molecular complexity index is 669. The van der Waals surface area contributed by atoms with Crippen LogP contribution in [0.3, 0.4) is 0 Å². The highest BCUT2D eigenvalue weighted by Gasteiger charge is 2.24. The average molecular weight is 311 g/mol. The van der Waals surface area contributed by atoms with Crippen LogP contribution >= 0.6 is 0 Å². The molecular weight excluding hydrogens is 288 g/mol. The maximum absolute atomic E-state index is 11.8. The lowest BCUT2D eigenvalue weighted by Crippen LogP contribution is -2.35. The summed E-state index contributed by atoms with van der Waals surface area (Å²) in [5.41, 5.74) is 4.66. The van der Waals surface area contributed by atoms with Gasteiger partial charge in [0.25, 0.3) is 5.88 Å². The van der Waals surface area contributed by atoms with Crippen LogP contribution in [0.25, 0.3) is 0 Å². The molecule has 1 aliphatic heterocycles. The highest BCUT2D eigenvalue weighted by Crippen LogP contribution is 2.33. The summed E-state index contributed by atoms with van der Waals surface area (Å²) in [6, 6.07) is 7.93.